The Bertz CT molecular complexity index is 1090. The van der Waals surface area contributed by atoms with E-state index in [1.807, 2.05) is 0 Å². The third-order valence-electron chi connectivity index (χ3n) is 4.43. The Morgan fingerprint density at radius 2 is 1.93 bits per heavy atom. The maximum atomic E-state index is 13.3. The Balaban J connectivity index is 2.03. The van der Waals surface area contributed by atoms with E-state index in [1.165, 1.54) is 50.5 Å². The molecule has 27 heavy (non-hydrogen) atoms. The number of methoxy groups -OCH3 is 1. The highest BCUT2D eigenvalue weighted by molar-refractivity contribution is 7.90. The lowest BCUT2D eigenvalue weighted by molar-refractivity contribution is 0.0599. The van der Waals surface area contributed by atoms with Crippen molar-refractivity contribution in [1.29, 1.82) is 0 Å². The van der Waals surface area contributed by atoms with Crippen molar-refractivity contribution in [1.82, 2.24) is 18.9 Å². The molecule has 1 aliphatic carbocycles. The van der Waals surface area contributed by atoms with Gasteiger partial charge in [-0.05, 0) is 36.5 Å². The van der Waals surface area contributed by atoms with Crippen molar-refractivity contribution in [2.45, 2.75) is 23.7 Å². The highest BCUT2D eigenvalue weighted by Crippen LogP contribution is 2.47. The van der Waals surface area contributed by atoms with Crippen molar-refractivity contribution in [2.24, 2.45) is 0 Å². The van der Waals surface area contributed by atoms with E-state index in [1.54, 1.807) is 6.07 Å². The first kappa shape index (κ1) is 17.3. The lowest BCUT2D eigenvalue weighted by Crippen LogP contribution is -2.14. The van der Waals surface area contributed by atoms with Gasteiger partial charge in [-0.3, -0.25) is 4.98 Å². The maximum absolute atomic E-state index is 13.3. The van der Waals surface area contributed by atoms with Crippen LogP contribution >= 0.6 is 0 Å². The summed E-state index contributed by atoms with van der Waals surface area (Å²) in [4.78, 5) is 24.3. The van der Waals surface area contributed by atoms with E-state index in [-0.39, 0.29) is 16.4 Å². The number of ether oxygens (including phenoxy) is 1. The summed E-state index contributed by atoms with van der Waals surface area (Å²) in [6.07, 6.45) is 10.3. The number of hydrogen-bond acceptors (Lipinski definition) is 7. The molecule has 0 bridgehead atoms. The molecule has 0 N–H and O–H groups in total. The van der Waals surface area contributed by atoms with Crippen LogP contribution in [-0.2, 0) is 14.8 Å². The van der Waals surface area contributed by atoms with E-state index >= 15 is 0 Å². The molecule has 9 heteroatoms. The molecule has 0 radical (unpaired) electrons. The molecule has 138 valence electrons. The Hall–Kier alpha value is -3.07. The third kappa shape index (κ3) is 2.99. The summed E-state index contributed by atoms with van der Waals surface area (Å²) < 4.78 is 32.6. The van der Waals surface area contributed by atoms with Crippen molar-refractivity contribution in [2.75, 3.05) is 7.11 Å². The molecule has 3 heterocycles. The van der Waals surface area contributed by atoms with Crippen LogP contribution in [0, 0.1) is 0 Å². The van der Waals surface area contributed by atoms with Gasteiger partial charge in [-0.25, -0.2) is 27.2 Å². The fourth-order valence-electron chi connectivity index (χ4n) is 3.06. The van der Waals surface area contributed by atoms with Crippen LogP contribution in [0.15, 0.2) is 54.3 Å². The number of rotatable bonds is 5. The quantitative estimate of drug-likeness (QED) is 0.621. The summed E-state index contributed by atoms with van der Waals surface area (Å²) >= 11 is 0. The number of carbonyl (C=O) groups excluding carboxylic acids is 1. The Morgan fingerprint density at radius 3 is 2.52 bits per heavy atom. The van der Waals surface area contributed by atoms with E-state index in [4.69, 9.17) is 4.74 Å². The summed E-state index contributed by atoms with van der Waals surface area (Å²) in [5, 5.41) is 0. The zero-order valence-electron chi connectivity index (χ0n) is 14.4. The van der Waals surface area contributed by atoms with Crippen molar-refractivity contribution in [3.05, 3.63) is 60.6 Å². The van der Waals surface area contributed by atoms with Crippen molar-refractivity contribution in [3.8, 4) is 11.3 Å². The number of carbonyl (C=O) groups is 1. The molecule has 1 fully saturated rings. The van der Waals surface area contributed by atoms with Gasteiger partial charge in [0.2, 0.25) is 0 Å². The Kier molecular flexibility index (Phi) is 4.23. The Labute approximate surface area is 155 Å². The molecule has 0 atom stereocenters. The number of nitrogens with zero attached hydrogens (tertiary/aromatic N) is 4. The highest BCUT2D eigenvalue weighted by Gasteiger charge is 2.37. The predicted molar refractivity (Wildman–Crippen MR) is 95.6 cm³/mol. The standard InChI is InChI=1S/C18H16N4O4S/c1-26-18(23)15-10-22(27(24,25)14-3-2-6-19-9-14)17(16(15)12-4-5-12)13-7-20-11-21-8-13/h2-3,6-12H,4-5H2,1H3. The SMILES string of the molecule is COC(=O)c1cn(S(=O)(=O)c2cccnc2)c(-c2cncnc2)c1C1CC1. The average molecular weight is 384 g/mol. The molecule has 0 amide bonds. The topological polar surface area (TPSA) is 104 Å². The molecular weight excluding hydrogens is 368 g/mol. The van der Waals surface area contributed by atoms with Crippen molar-refractivity contribution < 1.29 is 17.9 Å². The third-order valence-corrected chi connectivity index (χ3v) is 6.07. The number of esters is 1. The first-order valence-corrected chi connectivity index (χ1v) is 9.72. The molecule has 0 saturated heterocycles. The molecule has 0 unspecified atom stereocenters. The van der Waals surface area contributed by atoms with E-state index in [0.29, 0.717) is 16.8 Å². The van der Waals surface area contributed by atoms with Crippen LogP contribution in [0.1, 0.15) is 34.7 Å². The summed E-state index contributed by atoms with van der Waals surface area (Å²) in [5.41, 5.74) is 1.81. The summed E-state index contributed by atoms with van der Waals surface area (Å²) in [6.45, 7) is 0. The lowest BCUT2D eigenvalue weighted by Gasteiger charge is -2.12. The maximum Gasteiger partial charge on any atom is 0.339 e. The van der Waals surface area contributed by atoms with Gasteiger partial charge in [0.25, 0.3) is 10.0 Å². The summed E-state index contributed by atoms with van der Waals surface area (Å²) in [5.74, 6) is -0.477. The van der Waals surface area contributed by atoms with Crippen LogP contribution in [0.4, 0.5) is 0 Å². The van der Waals surface area contributed by atoms with E-state index in [2.05, 4.69) is 15.0 Å². The zero-order valence-corrected chi connectivity index (χ0v) is 15.3. The molecule has 1 saturated carbocycles. The number of hydrogen-bond donors (Lipinski definition) is 0. The fraction of sp³-hybridized carbons (Fsp3) is 0.222. The molecule has 0 aliphatic heterocycles. The molecule has 0 aromatic carbocycles. The first-order valence-electron chi connectivity index (χ1n) is 8.28. The minimum Gasteiger partial charge on any atom is -0.465 e. The van der Waals surface area contributed by atoms with Crippen molar-refractivity contribution >= 4 is 16.0 Å². The van der Waals surface area contributed by atoms with Gasteiger partial charge in [0.15, 0.2) is 0 Å². The van der Waals surface area contributed by atoms with Gasteiger partial charge in [-0.1, -0.05) is 0 Å². The van der Waals surface area contributed by atoms with Crippen LogP contribution in [0.25, 0.3) is 11.3 Å². The van der Waals surface area contributed by atoms with Gasteiger partial charge < -0.3 is 4.74 Å². The predicted octanol–water partition coefficient (Wildman–Crippen LogP) is 2.24. The second-order valence-electron chi connectivity index (χ2n) is 6.19. The average Bonchev–Trinajstić information content (AvgIpc) is 3.47. The summed E-state index contributed by atoms with van der Waals surface area (Å²) in [7, 11) is -2.70. The largest absolute Gasteiger partial charge is 0.465 e. The van der Waals surface area contributed by atoms with Gasteiger partial charge in [-0.2, -0.15) is 0 Å². The van der Waals surface area contributed by atoms with E-state index in [0.717, 1.165) is 16.8 Å². The second-order valence-corrected chi connectivity index (χ2v) is 8.00. The van der Waals surface area contributed by atoms with E-state index < -0.39 is 16.0 Å². The molecule has 1 aliphatic rings. The van der Waals surface area contributed by atoms with Crippen LogP contribution in [0.5, 0.6) is 0 Å². The number of aromatic nitrogens is 4. The van der Waals surface area contributed by atoms with Gasteiger partial charge in [0.05, 0.1) is 18.4 Å². The van der Waals surface area contributed by atoms with Gasteiger partial charge >= 0.3 is 5.97 Å². The van der Waals surface area contributed by atoms with Gasteiger partial charge in [0.1, 0.15) is 11.2 Å². The van der Waals surface area contributed by atoms with Crippen molar-refractivity contribution in [3.63, 3.8) is 0 Å². The first-order chi connectivity index (χ1) is 13.0. The molecule has 3 aromatic heterocycles. The monoisotopic (exact) mass is 384 g/mol. The van der Waals surface area contributed by atoms with Crippen LogP contribution in [-0.4, -0.2) is 40.4 Å². The molecule has 0 spiro atoms. The van der Waals surface area contributed by atoms with Crippen LogP contribution in [0.3, 0.4) is 0 Å². The molecule has 3 aromatic rings. The van der Waals surface area contributed by atoms with Gasteiger partial charge in [0, 0.05) is 36.5 Å². The smallest absolute Gasteiger partial charge is 0.339 e. The fourth-order valence-corrected chi connectivity index (χ4v) is 4.42. The normalized spacial score (nSPS) is 14.1. The lowest BCUT2D eigenvalue weighted by atomic mass is 10.0. The second kappa shape index (κ2) is 6.58. The minimum atomic E-state index is -3.98. The van der Waals surface area contributed by atoms with Crippen LogP contribution in [0.2, 0.25) is 0 Å². The summed E-state index contributed by atoms with van der Waals surface area (Å²) in [6, 6.07) is 3.01. The van der Waals surface area contributed by atoms with Gasteiger partial charge in [-0.15, -0.1) is 0 Å². The molecular formula is C18H16N4O4S. The number of pyridine rings is 1. The zero-order chi connectivity index (χ0) is 19.0. The van der Waals surface area contributed by atoms with Crippen LogP contribution < -0.4 is 0 Å². The Morgan fingerprint density at radius 1 is 1.19 bits per heavy atom. The molecule has 8 nitrogen and oxygen atoms in total. The molecule has 4 rings (SSSR count). The van der Waals surface area contributed by atoms with E-state index in [9.17, 15) is 13.2 Å². The minimum absolute atomic E-state index is 0.0249. The highest BCUT2D eigenvalue weighted by atomic mass is 32.2.